The van der Waals surface area contributed by atoms with Gasteiger partial charge in [0.25, 0.3) is 0 Å². The molecular weight excluding hydrogens is 246 g/mol. The summed E-state index contributed by atoms with van der Waals surface area (Å²) in [5.74, 6) is 1.61. The molecule has 1 fully saturated rings. The normalized spacial score (nSPS) is 18.2. The summed E-state index contributed by atoms with van der Waals surface area (Å²) < 4.78 is 0. The molecule has 0 saturated carbocycles. The average Bonchev–Trinajstić information content (AvgIpc) is 2.99. The first-order valence-corrected chi connectivity index (χ1v) is 7.36. The first kappa shape index (κ1) is 13.0. The Labute approximate surface area is 120 Å². The highest BCUT2D eigenvalue weighted by atomic mass is 15.2. The van der Waals surface area contributed by atoms with Crippen LogP contribution in [0.1, 0.15) is 24.8 Å². The molecule has 0 bridgehead atoms. The second-order valence-corrected chi connectivity index (χ2v) is 5.27. The van der Waals surface area contributed by atoms with E-state index in [4.69, 9.17) is 0 Å². The van der Waals surface area contributed by atoms with Gasteiger partial charge in [0.2, 0.25) is 0 Å². The summed E-state index contributed by atoms with van der Waals surface area (Å²) in [7, 11) is 0. The Kier molecular flexibility index (Phi) is 3.86. The van der Waals surface area contributed by atoms with Crippen LogP contribution in [0, 0.1) is 0 Å². The van der Waals surface area contributed by atoms with Gasteiger partial charge in [-0.2, -0.15) is 0 Å². The van der Waals surface area contributed by atoms with Crippen LogP contribution in [0.25, 0.3) is 0 Å². The van der Waals surface area contributed by atoms with Gasteiger partial charge in [-0.05, 0) is 25.0 Å². The molecule has 1 aromatic heterocycles. The monoisotopic (exact) mass is 267 g/mol. The lowest BCUT2D eigenvalue weighted by atomic mass is 9.99. The lowest BCUT2D eigenvalue weighted by Gasteiger charge is -2.19. The molecule has 1 aliphatic rings. The summed E-state index contributed by atoms with van der Waals surface area (Å²) in [5.41, 5.74) is 2.73. The van der Waals surface area contributed by atoms with Gasteiger partial charge in [-0.15, -0.1) is 0 Å². The van der Waals surface area contributed by atoms with E-state index in [1.54, 1.807) is 0 Å². The molecule has 3 rings (SSSR count). The predicted molar refractivity (Wildman–Crippen MR) is 84.4 cm³/mol. The van der Waals surface area contributed by atoms with Crippen molar-refractivity contribution >= 4 is 11.5 Å². The van der Waals surface area contributed by atoms with Crippen molar-refractivity contribution in [1.82, 2.24) is 4.98 Å². The van der Waals surface area contributed by atoms with Gasteiger partial charge in [0.05, 0.1) is 0 Å². The highest BCUT2D eigenvalue weighted by Gasteiger charge is 2.24. The maximum absolute atomic E-state index is 4.34. The van der Waals surface area contributed by atoms with E-state index in [-0.39, 0.29) is 0 Å². The third-order valence-electron chi connectivity index (χ3n) is 3.93. The quantitative estimate of drug-likeness (QED) is 0.919. The van der Waals surface area contributed by atoms with E-state index in [0.29, 0.717) is 5.92 Å². The third kappa shape index (κ3) is 2.77. The van der Waals surface area contributed by atoms with Gasteiger partial charge in [0.15, 0.2) is 0 Å². The molecule has 3 heteroatoms. The highest BCUT2D eigenvalue weighted by Crippen LogP contribution is 2.31. The van der Waals surface area contributed by atoms with E-state index in [0.717, 1.165) is 25.5 Å². The largest absolute Gasteiger partial charge is 0.371 e. The first-order chi connectivity index (χ1) is 9.86. The summed E-state index contributed by atoms with van der Waals surface area (Å²) in [6, 6.07) is 15.1. The zero-order valence-electron chi connectivity index (χ0n) is 11.9. The standard InChI is InChI=1S/C17H21N3/c1-2-18-17-12-16(8-10-19-17)20-11-9-15(13-20)14-6-4-3-5-7-14/h3-8,10,12,15H,2,9,11,13H2,1H3,(H,18,19). The van der Waals surface area contributed by atoms with Crippen LogP contribution in [0.3, 0.4) is 0 Å². The van der Waals surface area contributed by atoms with Crippen molar-refractivity contribution in [3.8, 4) is 0 Å². The van der Waals surface area contributed by atoms with Gasteiger partial charge in [-0.3, -0.25) is 0 Å². The number of aromatic nitrogens is 1. The number of hydrogen-bond acceptors (Lipinski definition) is 3. The second kappa shape index (κ2) is 5.95. The molecule has 1 N–H and O–H groups in total. The van der Waals surface area contributed by atoms with Crippen molar-refractivity contribution in [3.05, 3.63) is 54.2 Å². The molecule has 3 nitrogen and oxygen atoms in total. The van der Waals surface area contributed by atoms with E-state index < -0.39 is 0 Å². The van der Waals surface area contributed by atoms with Gasteiger partial charge in [-0.1, -0.05) is 30.3 Å². The third-order valence-corrected chi connectivity index (χ3v) is 3.93. The topological polar surface area (TPSA) is 28.2 Å². The van der Waals surface area contributed by atoms with Crippen molar-refractivity contribution in [2.24, 2.45) is 0 Å². The van der Waals surface area contributed by atoms with Crippen molar-refractivity contribution < 1.29 is 0 Å². The summed E-state index contributed by atoms with van der Waals surface area (Å²) in [6.07, 6.45) is 3.12. The number of nitrogens with one attached hydrogen (secondary N) is 1. The van der Waals surface area contributed by atoms with Crippen LogP contribution < -0.4 is 10.2 Å². The molecule has 0 amide bonds. The average molecular weight is 267 g/mol. The van der Waals surface area contributed by atoms with E-state index in [1.807, 2.05) is 6.20 Å². The molecule has 2 aromatic rings. The van der Waals surface area contributed by atoms with Crippen molar-refractivity contribution in [3.63, 3.8) is 0 Å². The van der Waals surface area contributed by atoms with Crippen LogP contribution in [0.4, 0.5) is 11.5 Å². The number of hydrogen-bond donors (Lipinski definition) is 1. The summed E-state index contributed by atoms with van der Waals surface area (Å²) >= 11 is 0. The number of nitrogens with zero attached hydrogens (tertiary/aromatic N) is 2. The molecule has 1 saturated heterocycles. The molecule has 1 unspecified atom stereocenters. The van der Waals surface area contributed by atoms with Gasteiger partial charge in [0.1, 0.15) is 5.82 Å². The van der Waals surface area contributed by atoms with E-state index in [9.17, 15) is 0 Å². The minimum Gasteiger partial charge on any atom is -0.371 e. The Morgan fingerprint density at radius 2 is 2.10 bits per heavy atom. The van der Waals surface area contributed by atoms with Crippen molar-refractivity contribution in [2.75, 3.05) is 29.9 Å². The molecule has 1 aromatic carbocycles. The molecule has 104 valence electrons. The van der Waals surface area contributed by atoms with Crippen molar-refractivity contribution in [1.29, 1.82) is 0 Å². The molecule has 0 aliphatic carbocycles. The zero-order chi connectivity index (χ0) is 13.8. The van der Waals surface area contributed by atoms with Crippen molar-refractivity contribution in [2.45, 2.75) is 19.3 Å². The summed E-state index contributed by atoms with van der Waals surface area (Å²) in [6.45, 7) is 5.22. The minimum absolute atomic E-state index is 0.645. The lowest BCUT2D eigenvalue weighted by Crippen LogP contribution is -2.19. The fraction of sp³-hybridized carbons (Fsp3) is 0.353. The molecule has 0 radical (unpaired) electrons. The molecular formula is C17H21N3. The van der Waals surface area contributed by atoms with Gasteiger partial charge < -0.3 is 10.2 Å². The Balaban J connectivity index is 1.72. The number of anilines is 2. The van der Waals surface area contributed by atoms with Crippen LogP contribution in [0.5, 0.6) is 0 Å². The van der Waals surface area contributed by atoms with E-state index >= 15 is 0 Å². The van der Waals surface area contributed by atoms with Crippen LogP contribution in [0.15, 0.2) is 48.7 Å². The Hall–Kier alpha value is -2.03. The van der Waals surface area contributed by atoms with Crippen LogP contribution in [0.2, 0.25) is 0 Å². The molecule has 1 atom stereocenters. The molecule has 2 heterocycles. The van der Waals surface area contributed by atoms with E-state index in [2.05, 4.69) is 64.6 Å². The van der Waals surface area contributed by atoms with Crippen LogP contribution in [-0.4, -0.2) is 24.6 Å². The maximum Gasteiger partial charge on any atom is 0.127 e. The van der Waals surface area contributed by atoms with Crippen LogP contribution in [-0.2, 0) is 0 Å². The molecule has 20 heavy (non-hydrogen) atoms. The zero-order valence-corrected chi connectivity index (χ0v) is 11.9. The number of pyridine rings is 1. The van der Waals surface area contributed by atoms with Gasteiger partial charge in [-0.25, -0.2) is 4.98 Å². The number of rotatable bonds is 4. The summed E-state index contributed by atoms with van der Waals surface area (Å²) in [4.78, 5) is 6.80. The predicted octanol–water partition coefficient (Wildman–Crippen LogP) is 3.51. The van der Waals surface area contributed by atoms with Gasteiger partial charge in [0, 0.05) is 43.5 Å². The van der Waals surface area contributed by atoms with E-state index in [1.165, 1.54) is 17.7 Å². The highest BCUT2D eigenvalue weighted by molar-refractivity contribution is 5.55. The maximum atomic E-state index is 4.34. The Bertz CT molecular complexity index is 553. The fourth-order valence-electron chi connectivity index (χ4n) is 2.89. The molecule has 0 spiro atoms. The Morgan fingerprint density at radius 1 is 1.25 bits per heavy atom. The van der Waals surface area contributed by atoms with Gasteiger partial charge >= 0.3 is 0 Å². The Morgan fingerprint density at radius 3 is 2.90 bits per heavy atom. The molecule has 1 aliphatic heterocycles. The first-order valence-electron chi connectivity index (χ1n) is 7.36. The number of benzene rings is 1. The lowest BCUT2D eigenvalue weighted by molar-refractivity contribution is 0.775. The van der Waals surface area contributed by atoms with Crippen LogP contribution >= 0.6 is 0 Å². The summed E-state index contributed by atoms with van der Waals surface area (Å²) in [5, 5.41) is 3.28. The fourth-order valence-corrected chi connectivity index (χ4v) is 2.89. The minimum atomic E-state index is 0.645. The SMILES string of the molecule is CCNc1cc(N2CCC(c3ccccc3)C2)ccn1. The smallest absolute Gasteiger partial charge is 0.127 e. The second-order valence-electron chi connectivity index (χ2n) is 5.27.